The average molecular weight is 373 g/mol. The molecule has 0 saturated heterocycles. The number of halogens is 1. The Bertz CT molecular complexity index is 828. The van der Waals surface area contributed by atoms with Gasteiger partial charge in [0.2, 0.25) is 5.82 Å². The van der Waals surface area contributed by atoms with Crippen LogP contribution in [0.15, 0.2) is 57.5 Å². The number of benzene rings is 2. The number of ether oxygens (including phenoxy) is 1. The lowest BCUT2D eigenvalue weighted by atomic mass is 10.1. The summed E-state index contributed by atoms with van der Waals surface area (Å²) < 4.78 is 11.0. The molecule has 0 bridgehead atoms. The zero-order valence-electron chi connectivity index (χ0n) is 12.3. The van der Waals surface area contributed by atoms with Gasteiger partial charge in [-0.05, 0) is 35.0 Å². The van der Waals surface area contributed by atoms with E-state index in [2.05, 4.69) is 26.1 Å². The monoisotopic (exact) mass is 372 g/mol. The summed E-state index contributed by atoms with van der Waals surface area (Å²) in [6, 6.07) is 14.8. The van der Waals surface area contributed by atoms with Gasteiger partial charge in [-0.3, -0.25) is 0 Å². The van der Waals surface area contributed by atoms with Crippen LogP contribution in [0.25, 0.3) is 11.4 Å². The number of hydrogen-bond acceptors (Lipinski definition) is 5. The minimum absolute atomic E-state index is 0.0704. The normalized spacial score (nSPS) is 10.5. The van der Waals surface area contributed by atoms with Crippen molar-refractivity contribution in [2.24, 2.45) is 0 Å². The molecule has 0 amide bonds. The minimum Gasteiger partial charge on any atom is -0.452 e. The Morgan fingerprint density at radius 2 is 1.91 bits per heavy atom. The first-order chi connectivity index (χ1) is 11.1. The number of aromatic nitrogens is 2. The van der Waals surface area contributed by atoms with E-state index in [4.69, 9.17) is 9.26 Å². The molecular formula is C17H13BrN2O3. The van der Waals surface area contributed by atoms with Gasteiger partial charge in [-0.25, -0.2) is 4.79 Å². The van der Waals surface area contributed by atoms with Crippen LogP contribution in [0.5, 0.6) is 0 Å². The Morgan fingerprint density at radius 3 is 2.65 bits per heavy atom. The highest BCUT2D eigenvalue weighted by Crippen LogP contribution is 2.19. The van der Waals surface area contributed by atoms with E-state index in [0.29, 0.717) is 15.9 Å². The summed E-state index contributed by atoms with van der Waals surface area (Å²) in [6.45, 7) is 1.94. The van der Waals surface area contributed by atoms with Crippen LogP contribution >= 0.6 is 15.9 Å². The Balaban J connectivity index is 1.67. The molecule has 6 heteroatoms. The van der Waals surface area contributed by atoms with Crippen molar-refractivity contribution in [1.82, 2.24) is 10.1 Å². The second-order valence-corrected chi connectivity index (χ2v) is 5.79. The van der Waals surface area contributed by atoms with Crippen molar-refractivity contribution in [3.63, 3.8) is 0 Å². The number of carbonyl (C=O) groups excluding carboxylic acids is 1. The van der Waals surface area contributed by atoms with E-state index in [1.54, 1.807) is 18.2 Å². The zero-order valence-corrected chi connectivity index (χ0v) is 13.9. The molecule has 0 aliphatic heterocycles. The van der Waals surface area contributed by atoms with Crippen LogP contribution in [0.4, 0.5) is 0 Å². The molecule has 0 radical (unpaired) electrons. The predicted octanol–water partition coefficient (Wildman–Crippen LogP) is 4.16. The maximum atomic E-state index is 12.0. The van der Waals surface area contributed by atoms with Crippen molar-refractivity contribution in [3.8, 4) is 11.4 Å². The van der Waals surface area contributed by atoms with Crippen molar-refractivity contribution < 1.29 is 14.1 Å². The molecule has 0 N–H and O–H groups in total. The third-order valence-electron chi connectivity index (χ3n) is 3.20. The van der Waals surface area contributed by atoms with Crippen LogP contribution in [0.2, 0.25) is 0 Å². The van der Waals surface area contributed by atoms with Gasteiger partial charge in [-0.15, -0.1) is 0 Å². The van der Waals surface area contributed by atoms with Crippen molar-refractivity contribution >= 4 is 21.9 Å². The molecule has 2 aromatic carbocycles. The van der Waals surface area contributed by atoms with Gasteiger partial charge in [-0.1, -0.05) is 47.1 Å². The molecule has 1 aromatic heterocycles. The molecule has 116 valence electrons. The second-order valence-electron chi connectivity index (χ2n) is 4.93. The fraction of sp³-hybridized carbons (Fsp3) is 0.118. The van der Waals surface area contributed by atoms with E-state index in [9.17, 15) is 4.79 Å². The summed E-state index contributed by atoms with van der Waals surface area (Å²) >= 11 is 3.31. The fourth-order valence-corrected chi connectivity index (χ4v) is 2.41. The summed E-state index contributed by atoms with van der Waals surface area (Å²) in [7, 11) is 0. The zero-order chi connectivity index (χ0) is 16.2. The largest absolute Gasteiger partial charge is 0.452 e. The second kappa shape index (κ2) is 6.75. The van der Waals surface area contributed by atoms with Gasteiger partial charge >= 0.3 is 5.97 Å². The van der Waals surface area contributed by atoms with Crippen LogP contribution < -0.4 is 0 Å². The fourth-order valence-electron chi connectivity index (χ4n) is 1.97. The quantitative estimate of drug-likeness (QED) is 0.643. The summed E-state index contributed by atoms with van der Waals surface area (Å²) in [5.74, 6) is 0.269. The predicted molar refractivity (Wildman–Crippen MR) is 87.7 cm³/mol. The molecule has 0 unspecified atom stereocenters. The smallest absolute Gasteiger partial charge is 0.339 e. The van der Waals surface area contributed by atoms with Crippen molar-refractivity contribution in [2.75, 3.05) is 0 Å². The molecule has 0 spiro atoms. The standard InChI is InChI=1S/C17H13BrN2O3/c1-11-6-8-12(9-7-11)16-19-15(23-20-16)10-22-17(21)13-4-2-3-5-14(13)18/h2-9H,10H2,1H3. The highest BCUT2D eigenvalue weighted by Gasteiger charge is 2.14. The first kappa shape index (κ1) is 15.4. The topological polar surface area (TPSA) is 65.2 Å². The molecule has 0 atom stereocenters. The lowest BCUT2D eigenvalue weighted by Gasteiger charge is -2.03. The van der Waals surface area contributed by atoms with E-state index < -0.39 is 5.97 Å². The first-order valence-electron chi connectivity index (χ1n) is 6.95. The minimum atomic E-state index is -0.451. The maximum absolute atomic E-state index is 12.0. The average Bonchev–Trinajstić information content (AvgIpc) is 3.03. The van der Waals surface area contributed by atoms with Crippen molar-refractivity contribution in [1.29, 1.82) is 0 Å². The summed E-state index contributed by atoms with van der Waals surface area (Å²) in [5, 5.41) is 3.90. The van der Waals surface area contributed by atoms with E-state index in [1.165, 1.54) is 0 Å². The highest BCUT2D eigenvalue weighted by molar-refractivity contribution is 9.10. The SMILES string of the molecule is Cc1ccc(-c2noc(COC(=O)c3ccccc3Br)n2)cc1. The van der Waals surface area contributed by atoms with E-state index >= 15 is 0 Å². The van der Waals surface area contributed by atoms with Crippen molar-refractivity contribution in [2.45, 2.75) is 13.5 Å². The number of carbonyl (C=O) groups is 1. The Morgan fingerprint density at radius 1 is 1.17 bits per heavy atom. The summed E-state index contributed by atoms with van der Waals surface area (Å²) in [5.41, 5.74) is 2.45. The molecule has 3 rings (SSSR count). The van der Waals surface area contributed by atoms with Gasteiger partial charge in [0.1, 0.15) is 0 Å². The molecule has 0 fully saturated rings. The van der Waals surface area contributed by atoms with Crippen molar-refractivity contribution in [3.05, 3.63) is 70.0 Å². The Kier molecular flexibility index (Phi) is 4.52. The van der Waals surface area contributed by atoms with Gasteiger partial charge in [0.15, 0.2) is 6.61 Å². The molecule has 0 aliphatic carbocycles. The third-order valence-corrected chi connectivity index (χ3v) is 3.89. The molecule has 3 aromatic rings. The summed E-state index contributed by atoms with van der Waals surface area (Å²) in [6.07, 6.45) is 0. The highest BCUT2D eigenvalue weighted by atomic mass is 79.9. The molecule has 23 heavy (non-hydrogen) atoms. The molecular weight excluding hydrogens is 360 g/mol. The van der Waals surface area contributed by atoms with Gasteiger partial charge in [0.25, 0.3) is 5.89 Å². The summed E-state index contributed by atoms with van der Waals surface area (Å²) in [4.78, 5) is 16.2. The van der Waals surface area contributed by atoms with E-state index in [1.807, 2.05) is 37.3 Å². The molecule has 0 aliphatic rings. The lowest BCUT2D eigenvalue weighted by Crippen LogP contribution is -2.06. The first-order valence-corrected chi connectivity index (χ1v) is 7.74. The Hall–Kier alpha value is -2.47. The van der Waals surface area contributed by atoms with E-state index in [-0.39, 0.29) is 12.5 Å². The van der Waals surface area contributed by atoms with Gasteiger partial charge < -0.3 is 9.26 Å². The number of hydrogen-bond donors (Lipinski definition) is 0. The van der Waals surface area contributed by atoms with Gasteiger partial charge in [0, 0.05) is 10.0 Å². The molecule has 1 heterocycles. The van der Waals surface area contributed by atoms with Crippen LogP contribution in [0.3, 0.4) is 0 Å². The molecule has 0 saturated carbocycles. The lowest BCUT2D eigenvalue weighted by molar-refractivity contribution is 0.0428. The van der Waals surface area contributed by atoms with Gasteiger partial charge in [-0.2, -0.15) is 4.98 Å². The van der Waals surface area contributed by atoms with Crippen LogP contribution in [0.1, 0.15) is 21.8 Å². The number of rotatable bonds is 4. The molecule has 5 nitrogen and oxygen atoms in total. The van der Waals surface area contributed by atoms with Crippen LogP contribution in [-0.2, 0) is 11.3 Å². The van der Waals surface area contributed by atoms with Crippen LogP contribution in [-0.4, -0.2) is 16.1 Å². The van der Waals surface area contributed by atoms with Crippen LogP contribution in [0, 0.1) is 6.92 Å². The number of aryl methyl sites for hydroxylation is 1. The van der Waals surface area contributed by atoms with E-state index in [0.717, 1.165) is 11.1 Å². The number of nitrogens with zero attached hydrogens (tertiary/aromatic N) is 2. The maximum Gasteiger partial charge on any atom is 0.339 e. The Labute approximate surface area is 141 Å². The number of esters is 1. The third kappa shape index (κ3) is 3.65. The van der Waals surface area contributed by atoms with Gasteiger partial charge in [0.05, 0.1) is 5.56 Å².